The van der Waals surface area contributed by atoms with Crippen molar-refractivity contribution < 1.29 is 4.79 Å². The lowest BCUT2D eigenvalue weighted by Crippen LogP contribution is -2.14. The van der Waals surface area contributed by atoms with Gasteiger partial charge in [-0.25, -0.2) is 9.97 Å². The summed E-state index contributed by atoms with van der Waals surface area (Å²) in [6.45, 7) is 2.12. The van der Waals surface area contributed by atoms with Gasteiger partial charge in [0.05, 0.1) is 11.3 Å². The van der Waals surface area contributed by atoms with E-state index in [0.29, 0.717) is 5.82 Å². The fourth-order valence-corrected chi connectivity index (χ4v) is 3.96. The largest absolute Gasteiger partial charge is 0.325 e. The summed E-state index contributed by atoms with van der Waals surface area (Å²) < 4.78 is 0. The fraction of sp³-hybridized carbons (Fsp3) is 0.125. The number of para-hydroxylation sites is 2. The Morgan fingerprint density at radius 1 is 0.897 bits per heavy atom. The third kappa shape index (κ3) is 4.46. The molecule has 0 fully saturated rings. The van der Waals surface area contributed by atoms with Crippen molar-refractivity contribution in [2.75, 3.05) is 11.1 Å². The second-order valence-corrected chi connectivity index (χ2v) is 7.55. The van der Waals surface area contributed by atoms with Gasteiger partial charge in [0.15, 0.2) is 5.82 Å². The second kappa shape index (κ2) is 8.88. The Balaban J connectivity index is 1.66. The molecule has 4 aromatic rings. The molecule has 0 aliphatic rings. The fourth-order valence-electron chi connectivity index (χ4n) is 3.15. The van der Waals surface area contributed by atoms with Crippen molar-refractivity contribution in [2.24, 2.45) is 0 Å². The maximum atomic E-state index is 12.4. The van der Waals surface area contributed by atoms with Crippen LogP contribution in [0.3, 0.4) is 0 Å². The van der Waals surface area contributed by atoms with Crippen molar-refractivity contribution >= 4 is 34.3 Å². The van der Waals surface area contributed by atoms with Crippen molar-refractivity contribution in [3.8, 4) is 11.4 Å². The van der Waals surface area contributed by atoms with Crippen molar-refractivity contribution in [2.45, 2.75) is 18.4 Å². The van der Waals surface area contributed by atoms with E-state index in [1.165, 1.54) is 17.3 Å². The SMILES string of the molecule is CCc1cccc2c(SCC(=O)Nc3ccccc3)nc(-c3ccccc3)nc12. The first-order valence-electron chi connectivity index (χ1n) is 9.57. The predicted molar refractivity (Wildman–Crippen MR) is 120 cm³/mol. The highest BCUT2D eigenvalue weighted by Crippen LogP contribution is 2.30. The zero-order chi connectivity index (χ0) is 20.1. The molecule has 0 bridgehead atoms. The highest BCUT2D eigenvalue weighted by molar-refractivity contribution is 8.00. The first-order chi connectivity index (χ1) is 14.2. The normalized spacial score (nSPS) is 10.8. The third-order valence-electron chi connectivity index (χ3n) is 4.59. The molecule has 0 saturated carbocycles. The number of thioether (sulfide) groups is 1. The summed E-state index contributed by atoms with van der Waals surface area (Å²) >= 11 is 1.44. The van der Waals surface area contributed by atoms with Crippen LogP contribution in [0, 0.1) is 0 Å². The molecule has 0 aliphatic carbocycles. The monoisotopic (exact) mass is 399 g/mol. The molecule has 0 atom stereocenters. The minimum atomic E-state index is -0.0548. The second-order valence-electron chi connectivity index (χ2n) is 6.59. The lowest BCUT2D eigenvalue weighted by Gasteiger charge is -2.11. The van der Waals surface area contributed by atoms with Gasteiger partial charge in [-0.05, 0) is 24.1 Å². The standard InChI is InChI=1S/C24H21N3OS/c1-2-17-12-9-15-20-22(17)26-23(18-10-5-3-6-11-18)27-24(20)29-16-21(28)25-19-13-7-4-8-14-19/h3-15H,2,16H2,1H3,(H,25,28). The van der Waals surface area contributed by atoms with Crippen LogP contribution in [0.5, 0.6) is 0 Å². The van der Waals surface area contributed by atoms with E-state index in [2.05, 4.69) is 18.3 Å². The van der Waals surface area contributed by atoms with Crippen LogP contribution < -0.4 is 5.32 Å². The van der Waals surface area contributed by atoms with Gasteiger partial charge in [0.1, 0.15) is 5.03 Å². The molecule has 1 aromatic heterocycles. The molecule has 0 aliphatic heterocycles. The number of nitrogens with zero attached hydrogens (tertiary/aromatic N) is 2. The minimum absolute atomic E-state index is 0.0548. The van der Waals surface area contributed by atoms with Gasteiger partial charge in [0.25, 0.3) is 0 Å². The van der Waals surface area contributed by atoms with Crippen LogP contribution in [0.15, 0.2) is 83.9 Å². The van der Waals surface area contributed by atoms with E-state index in [4.69, 9.17) is 9.97 Å². The van der Waals surface area contributed by atoms with E-state index in [0.717, 1.165) is 33.6 Å². The van der Waals surface area contributed by atoms with E-state index in [1.54, 1.807) is 0 Å². The number of benzene rings is 3. The number of hydrogen-bond donors (Lipinski definition) is 1. The summed E-state index contributed by atoms with van der Waals surface area (Å²) in [5, 5.41) is 4.74. The average molecular weight is 400 g/mol. The molecule has 144 valence electrons. The molecule has 5 heteroatoms. The number of aromatic nitrogens is 2. The van der Waals surface area contributed by atoms with Crippen LogP contribution >= 0.6 is 11.8 Å². The molecule has 29 heavy (non-hydrogen) atoms. The van der Waals surface area contributed by atoms with E-state index in [9.17, 15) is 4.79 Å². The lowest BCUT2D eigenvalue weighted by atomic mass is 10.1. The zero-order valence-corrected chi connectivity index (χ0v) is 16.9. The number of carbonyl (C=O) groups is 1. The van der Waals surface area contributed by atoms with Crippen molar-refractivity contribution in [1.82, 2.24) is 9.97 Å². The van der Waals surface area contributed by atoms with Gasteiger partial charge < -0.3 is 5.32 Å². The van der Waals surface area contributed by atoms with Crippen LogP contribution in [0.25, 0.3) is 22.3 Å². The molecule has 0 saturated heterocycles. The van der Waals surface area contributed by atoms with Crippen LogP contribution in [0.1, 0.15) is 12.5 Å². The molecule has 0 spiro atoms. The topological polar surface area (TPSA) is 54.9 Å². The smallest absolute Gasteiger partial charge is 0.234 e. The summed E-state index contributed by atoms with van der Waals surface area (Å²) in [6, 6.07) is 25.6. The van der Waals surface area contributed by atoms with Crippen molar-refractivity contribution in [3.63, 3.8) is 0 Å². The Bertz CT molecular complexity index is 1130. The van der Waals surface area contributed by atoms with E-state index < -0.39 is 0 Å². The number of amides is 1. The highest BCUT2D eigenvalue weighted by atomic mass is 32.2. The predicted octanol–water partition coefficient (Wildman–Crippen LogP) is 5.59. The molecule has 0 unspecified atom stereocenters. The maximum absolute atomic E-state index is 12.4. The van der Waals surface area contributed by atoms with Crippen LogP contribution in [0.2, 0.25) is 0 Å². The molecule has 1 N–H and O–H groups in total. The first kappa shape index (κ1) is 19.2. The van der Waals surface area contributed by atoms with Crippen molar-refractivity contribution in [3.05, 3.63) is 84.4 Å². The summed E-state index contributed by atoms with van der Waals surface area (Å²) in [5.41, 5.74) is 3.90. The van der Waals surface area contributed by atoms with Crippen LogP contribution in [-0.2, 0) is 11.2 Å². The Morgan fingerprint density at radius 3 is 2.34 bits per heavy atom. The molecule has 4 nitrogen and oxygen atoms in total. The summed E-state index contributed by atoms with van der Waals surface area (Å²) in [7, 11) is 0. The number of aryl methyl sites for hydroxylation is 1. The van der Waals surface area contributed by atoms with E-state index in [-0.39, 0.29) is 11.7 Å². The van der Waals surface area contributed by atoms with Gasteiger partial charge in [0.2, 0.25) is 5.91 Å². The Morgan fingerprint density at radius 2 is 1.62 bits per heavy atom. The van der Waals surface area contributed by atoms with E-state index in [1.807, 2.05) is 72.8 Å². The number of hydrogen-bond acceptors (Lipinski definition) is 4. The van der Waals surface area contributed by atoms with Gasteiger partial charge >= 0.3 is 0 Å². The number of fused-ring (bicyclic) bond motifs is 1. The summed E-state index contributed by atoms with van der Waals surface area (Å²) in [4.78, 5) is 22.1. The van der Waals surface area contributed by atoms with Gasteiger partial charge in [-0.3, -0.25) is 4.79 Å². The molecule has 1 heterocycles. The number of nitrogens with one attached hydrogen (secondary N) is 1. The maximum Gasteiger partial charge on any atom is 0.234 e. The van der Waals surface area contributed by atoms with Gasteiger partial charge in [-0.2, -0.15) is 0 Å². The lowest BCUT2D eigenvalue weighted by molar-refractivity contribution is -0.113. The Hall–Kier alpha value is -3.18. The number of rotatable bonds is 6. The highest BCUT2D eigenvalue weighted by Gasteiger charge is 2.14. The first-order valence-corrected chi connectivity index (χ1v) is 10.6. The van der Waals surface area contributed by atoms with Gasteiger partial charge in [-0.1, -0.05) is 85.4 Å². The van der Waals surface area contributed by atoms with Gasteiger partial charge in [-0.15, -0.1) is 0 Å². The number of anilines is 1. The average Bonchev–Trinajstić information content (AvgIpc) is 2.78. The van der Waals surface area contributed by atoms with Gasteiger partial charge in [0, 0.05) is 16.6 Å². The van der Waals surface area contributed by atoms with E-state index >= 15 is 0 Å². The Labute approximate surface area is 174 Å². The summed E-state index contributed by atoms with van der Waals surface area (Å²) in [5.74, 6) is 0.914. The molecule has 3 aromatic carbocycles. The summed E-state index contributed by atoms with van der Waals surface area (Å²) in [6.07, 6.45) is 0.890. The van der Waals surface area contributed by atoms with Crippen molar-refractivity contribution in [1.29, 1.82) is 0 Å². The zero-order valence-electron chi connectivity index (χ0n) is 16.1. The van der Waals surface area contributed by atoms with Crippen LogP contribution in [-0.4, -0.2) is 21.6 Å². The quantitative estimate of drug-likeness (QED) is 0.339. The van der Waals surface area contributed by atoms with Crippen LogP contribution in [0.4, 0.5) is 5.69 Å². The molecule has 0 radical (unpaired) electrons. The Kier molecular flexibility index (Phi) is 5.86. The minimum Gasteiger partial charge on any atom is -0.325 e. The molecule has 1 amide bonds. The number of carbonyl (C=O) groups excluding carboxylic acids is 1. The molecular weight excluding hydrogens is 378 g/mol. The third-order valence-corrected chi connectivity index (χ3v) is 5.58. The molecule has 4 rings (SSSR count). The molecular formula is C24H21N3OS.